The van der Waals surface area contributed by atoms with Crippen LogP contribution in [0.3, 0.4) is 0 Å². The van der Waals surface area contributed by atoms with Gasteiger partial charge in [-0.2, -0.15) is 0 Å². The van der Waals surface area contributed by atoms with Crippen molar-refractivity contribution in [1.82, 2.24) is 4.90 Å². The quantitative estimate of drug-likeness (QED) is 0.253. The van der Waals surface area contributed by atoms with Crippen LogP contribution in [0.2, 0.25) is 0 Å². The Kier molecular flexibility index (Phi) is 8.79. The molecule has 2 amide bonds. The van der Waals surface area contributed by atoms with Gasteiger partial charge in [-0.3, -0.25) is 24.6 Å². The van der Waals surface area contributed by atoms with Gasteiger partial charge in [0.2, 0.25) is 11.4 Å². The van der Waals surface area contributed by atoms with Crippen molar-refractivity contribution in [3.8, 4) is 5.75 Å². The average molecular weight is 582 g/mol. The third-order valence-corrected chi connectivity index (χ3v) is 8.13. The van der Waals surface area contributed by atoms with Crippen LogP contribution in [0.25, 0.3) is 0 Å². The summed E-state index contributed by atoms with van der Waals surface area (Å²) in [6.45, 7) is 5.47. The summed E-state index contributed by atoms with van der Waals surface area (Å²) in [6.07, 6.45) is 0.351. The van der Waals surface area contributed by atoms with Gasteiger partial charge >= 0.3 is 12.1 Å². The number of carbonyl (C=O) groups is 3. The first-order chi connectivity index (χ1) is 19.8. The molecule has 3 atom stereocenters. The Balaban J connectivity index is 1.89. The monoisotopic (exact) mass is 581 g/mol. The molecule has 11 nitrogen and oxygen atoms in total. The fourth-order valence-electron chi connectivity index (χ4n) is 6.18. The van der Waals surface area contributed by atoms with Crippen molar-refractivity contribution in [1.29, 1.82) is 0 Å². The van der Waals surface area contributed by atoms with Crippen molar-refractivity contribution in [2.45, 2.75) is 76.0 Å². The van der Waals surface area contributed by atoms with Crippen molar-refractivity contribution in [2.24, 2.45) is 0 Å². The molecule has 0 aromatic heterocycles. The van der Waals surface area contributed by atoms with E-state index in [4.69, 9.17) is 14.2 Å². The van der Waals surface area contributed by atoms with Gasteiger partial charge in [0.15, 0.2) is 0 Å². The van der Waals surface area contributed by atoms with Crippen LogP contribution in [0, 0.1) is 10.1 Å². The van der Waals surface area contributed by atoms with Gasteiger partial charge in [-0.25, -0.2) is 4.79 Å². The van der Waals surface area contributed by atoms with Crippen LogP contribution in [-0.2, 0) is 25.5 Å². The smallest absolute Gasteiger partial charge is 0.411 e. The lowest BCUT2D eigenvalue weighted by Gasteiger charge is -2.45. The number of rotatable bonds is 7. The lowest BCUT2D eigenvalue weighted by atomic mass is 9.71. The number of likely N-dealkylation sites (tertiary alicyclic amines) is 1. The number of methoxy groups -OCH3 is 2. The van der Waals surface area contributed by atoms with Crippen molar-refractivity contribution >= 4 is 23.7 Å². The molecule has 3 unspecified atom stereocenters. The number of carbonyl (C=O) groups excluding carboxylic acids is 3. The summed E-state index contributed by atoms with van der Waals surface area (Å²) in [6, 6.07) is 11.3. The number of anilines is 1. The van der Waals surface area contributed by atoms with E-state index in [2.05, 4.69) is 0 Å². The highest BCUT2D eigenvalue weighted by molar-refractivity contribution is 5.96. The molecule has 226 valence electrons. The van der Waals surface area contributed by atoms with E-state index in [-0.39, 0.29) is 30.2 Å². The molecular weight excluding hydrogens is 542 g/mol. The van der Waals surface area contributed by atoms with Gasteiger partial charge in [-0.1, -0.05) is 30.3 Å². The van der Waals surface area contributed by atoms with E-state index < -0.39 is 35.2 Å². The first-order valence-electron chi connectivity index (χ1n) is 14.1. The molecule has 0 spiro atoms. The molecule has 2 aromatic rings. The van der Waals surface area contributed by atoms with E-state index in [0.717, 1.165) is 5.56 Å². The zero-order valence-corrected chi connectivity index (χ0v) is 25.0. The van der Waals surface area contributed by atoms with E-state index in [1.165, 1.54) is 24.0 Å². The zero-order chi connectivity index (χ0) is 30.8. The molecule has 0 radical (unpaired) electrons. The molecule has 0 N–H and O–H groups in total. The minimum Gasteiger partial charge on any atom is -0.496 e. The summed E-state index contributed by atoms with van der Waals surface area (Å²) >= 11 is 0. The molecule has 42 heavy (non-hydrogen) atoms. The van der Waals surface area contributed by atoms with E-state index >= 15 is 0 Å². The molecule has 2 aliphatic heterocycles. The minimum atomic E-state index is -1.78. The third-order valence-electron chi connectivity index (χ3n) is 8.13. The molecule has 1 fully saturated rings. The largest absolute Gasteiger partial charge is 0.496 e. The summed E-state index contributed by atoms with van der Waals surface area (Å²) in [4.78, 5) is 55.3. The number of hydrogen-bond donors (Lipinski definition) is 0. The molecule has 0 aliphatic carbocycles. The van der Waals surface area contributed by atoms with Gasteiger partial charge in [-0.05, 0) is 56.9 Å². The maximum absolute atomic E-state index is 13.5. The second kappa shape index (κ2) is 12.0. The first kappa shape index (κ1) is 30.8. The highest BCUT2D eigenvalue weighted by atomic mass is 16.6. The van der Waals surface area contributed by atoms with Gasteiger partial charge in [0.25, 0.3) is 0 Å². The molecule has 2 aliphatic rings. The van der Waals surface area contributed by atoms with Crippen LogP contribution in [-0.4, -0.2) is 66.7 Å². The predicted octanol–water partition coefficient (Wildman–Crippen LogP) is 5.04. The Morgan fingerprint density at radius 3 is 2.43 bits per heavy atom. The van der Waals surface area contributed by atoms with E-state index in [1.807, 2.05) is 0 Å². The Morgan fingerprint density at radius 2 is 1.83 bits per heavy atom. The number of piperidine rings is 1. The summed E-state index contributed by atoms with van der Waals surface area (Å²) in [5.41, 5.74) is -0.163. The predicted molar refractivity (Wildman–Crippen MR) is 155 cm³/mol. The Labute approximate surface area is 245 Å². The molecule has 1 saturated heterocycles. The number of fused-ring (bicyclic) bond motifs is 1. The van der Waals surface area contributed by atoms with Crippen molar-refractivity contribution in [2.75, 3.05) is 32.7 Å². The summed E-state index contributed by atoms with van der Waals surface area (Å²) in [5.74, 6) is -1.50. The summed E-state index contributed by atoms with van der Waals surface area (Å²) in [7, 11) is 4.36. The van der Waals surface area contributed by atoms with Gasteiger partial charge in [0.05, 0.1) is 20.1 Å². The minimum absolute atomic E-state index is 0.0700. The summed E-state index contributed by atoms with van der Waals surface area (Å²) in [5, 5.41) is 13.3. The van der Waals surface area contributed by atoms with E-state index in [1.54, 1.807) is 70.3 Å². The number of amides is 2. The van der Waals surface area contributed by atoms with E-state index in [0.29, 0.717) is 41.8 Å². The number of nitro groups is 1. The number of nitrogens with zero attached hydrogens (tertiary/aromatic N) is 3. The lowest BCUT2D eigenvalue weighted by Crippen LogP contribution is -2.58. The fraction of sp³-hybridized carbons (Fsp3) is 0.516. The zero-order valence-electron chi connectivity index (χ0n) is 25.0. The van der Waals surface area contributed by atoms with Crippen molar-refractivity contribution in [3.63, 3.8) is 0 Å². The number of ether oxygens (including phenoxy) is 3. The number of aryl methyl sites for hydroxylation is 1. The van der Waals surface area contributed by atoms with Crippen LogP contribution in [0.1, 0.15) is 75.1 Å². The van der Waals surface area contributed by atoms with Gasteiger partial charge < -0.3 is 19.1 Å². The normalized spacial score (nSPS) is 21.3. The lowest BCUT2D eigenvalue weighted by molar-refractivity contribution is -0.585. The van der Waals surface area contributed by atoms with Crippen LogP contribution in [0.4, 0.5) is 10.5 Å². The number of esters is 1. The third kappa shape index (κ3) is 5.91. The number of hydrogen-bond acceptors (Lipinski definition) is 8. The standard InChI is InChI=1S/C31H39N3O8/c1-30(2,3)42-29(37)33-16-10-15-31(34(38)39,27(33)20-11-8-7-9-12-20)19-23(28(36)41-6)22-18-24-21(17-25(22)40-5)13-14-26(35)32(24)4/h7-9,11-12,17-18,23,27H,10,13-16,19H2,1-6H3. The van der Waals surface area contributed by atoms with Crippen LogP contribution >= 0.6 is 0 Å². The molecular formula is C31H39N3O8. The molecule has 4 rings (SSSR count). The maximum Gasteiger partial charge on any atom is 0.411 e. The maximum atomic E-state index is 13.5. The highest BCUT2D eigenvalue weighted by Gasteiger charge is 2.59. The van der Waals surface area contributed by atoms with Crippen LogP contribution < -0.4 is 9.64 Å². The van der Waals surface area contributed by atoms with E-state index in [9.17, 15) is 24.5 Å². The molecule has 2 heterocycles. The first-order valence-corrected chi connectivity index (χ1v) is 14.1. The Hall–Kier alpha value is -4.15. The van der Waals surface area contributed by atoms with Crippen molar-refractivity contribution < 1.29 is 33.5 Å². The Morgan fingerprint density at radius 1 is 1.14 bits per heavy atom. The molecule has 0 saturated carbocycles. The van der Waals surface area contributed by atoms with Crippen molar-refractivity contribution in [3.05, 3.63) is 69.3 Å². The van der Waals surface area contributed by atoms with Gasteiger partial charge in [0, 0.05) is 49.0 Å². The second-order valence-electron chi connectivity index (χ2n) is 11.9. The average Bonchev–Trinajstić information content (AvgIpc) is 2.96. The second-order valence-corrected chi connectivity index (χ2v) is 11.9. The molecule has 0 bridgehead atoms. The fourth-order valence-corrected chi connectivity index (χ4v) is 6.18. The summed E-state index contributed by atoms with van der Waals surface area (Å²) < 4.78 is 16.6. The SMILES string of the molecule is COC(=O)C(CC1([N+](=O)[O-])CCCN(C(=O)OC(C)(C)C)C1c1ccccc1)c1cc2c(cc1OC)CCC(=O)N2C. The molecule has 2 aromatic carbocycles. The van der Waals surface area contributed by atoms with Gasteiger partial charge in [0.1, 0.15) is 17.4 Å². The number of benzene rings is 2. The van der Waals surface area contributed by atoms with Gasteiger partial charge in [-0.15, -0.1) is 0 Å². The van der Waals surface area contributed by atoms with Crippen LogP contribution in [0.15, 0.2) is 42.5 Å². The Bertz CT molecular complexity index is 1360. The highest BCUT2D eigenvalue weighted by Crippen LogP contribution is 2.49. The van der Waals surface area contributed by atoms with Crippen LogP contribution in [0.5, 0.6) is 5.75 Å². The molecule has 11 heteroatoms. The topological polar surface area (TPSA) is 129 Å².